The second kappa shape index (κ2) is 6.94. The fourth-order valence-electron chi connectivity index (χ4n) is 2.98. The molecule has 2 atom stereocenters. The van der Waals surface area contributed by atoms with Crippen molar-refractivity contribution in [1.82, 2.24) is 4.98 Å². The lowest BCUT2D eigenvalue weighted by molar-refractivity contribution is -0.117. The molecule has 1 aliphatic rings. The monoisotopic (exact) mass is 399 g/mol. The van der Waals surface area contributed by atoms with Crippen molar-refractivity contribution in [2.75, 3.05) is 10.6 Å². The number of rotatable bonds is 4. The van der Waals surface area contributed by atoms with E-state index in [1.807, 2.05) is 19.1 Å². The molecule has 2 aromatic carbocycles. The number of aromatic nitrogens is 1. The van der Waals surface area contributed by atoms with Crippen molar-refractivity contribution in [3.63, 3.8) is 0 Å². The Morgan fingerprint density at radius 1 is 1.22 bits per heavy atom. The highest BCUT2D eigenvalue weighted by Crippen LogP contribution is 2.39. The van der Waals surface area contributed by atoms with E-state index in [0.717, 1.165) is 22.2 Å². The summed E-state index contributed by atoms with van der Waals surface area (Å²) in [6.07, 6.45) is 0.933. The first kappa shape index (κ1) is 17.9. The first-order valence-corrected chi connectivity index (χ1v) is 9.90. The van der Waals surface area contributed by atoms with Gasteiger partial charge in [0.2, 0.25) is 5.91 Å². The van der Waals surface area contributed by atoms with Gasteiger partial charge in [-0.25, -0.2) is 4.98 Å². The number of fused-ring (bicyclic) bond motifs is 1. The first-order chi connectivity index (χ1) is 12.9. The van der Waals surface area contributed by atoms with Crippen molar-refractivity contribution < 1.29 is 9.59 Å². The Morgan fingerprint density at radius 3 is 2.70 bits per heavy atom. The Hall–Kier alpha value is -2.44. The molecule has 1 heterocycles. The Kier molecular flexibility index (Phi) is 4.61. The van der Waals surface area contributed by atoms with E-state index in [-0.39, 0.29) is 17.7 Å². The van der Waals surface area contributed by atoms with Gasteiger partial charge in [0, 0.05) is 11.5 Å². The summed E-state index contributed by atoms with van der Waals surface area (Å²) < 4.78 is 0.845. The third kappa shape index (κ3) is 3.68. The summed E-state index contributed by atoms with van der Waals surface area (Å²) in [5, 5.41) is 6.81. The summed E-state index contributed by atoms with van der Waals surface area (Å²) in [4.78, 5) is 29.1. The second-order valence-corrected chi connectivity index (χ2v) is 8.33. The summed E-state index contributed by atoms with van der Waals surface area (Å²) in [5.41, 5.74) is 2.78. The molecule has 5 nitrogen and oxygen atoms in total. The van der Waals surface area contributed by atoms with Gasteiger partial charge in [-0.1, -0.05) is 42.0 Å². The number of nitrogens with one attached hydrogen (secondary N) is 2. The Labute approximate surface area is 165 Å². The number of nitrogens with zero attached hydrogens (tertiary/aromatic N) is 1. The van der Waals surface area contributed by atoms with Crippen LogP contribution in [0.5, 0.6) is 0 Å². The third-order valence-corrected chi connectivity index (χ3v) is 6.04. The molecule has 4 rings (SSSR count). The zero-order valence-corrected chi connectivity index (χ0v) is 16.4. The number of anilines is 2. The molecule has 138 valence electrons. The Balaban J connectivity index is 1.54. The van der Waals surface area contributed by atoms with E-state index in [1.165, 1.54) is 11.3 Å². The highest BCUT2D eigenvalue weighted by Gasteiger charge is 2.39. The Morgan fingerprint density at radius 2 is 2.00 bits per heavy atom. The lowest BCUT2D eigenvalue weighted by Crippen LogP contribution is -2.14. The molecule has 0 bridgehead atoms. The molecule has 2 unspecified atom stereocenters. The molecule has 7 heteroatoms. The minimum Gasteiger partial charge on any atom is -0.320 e. The van der Waals surface area contributed by atoms with Gasteiger partial charge in [0.05, 0.1) is 20.9 Å². The molecule has 0 aliphatic heterocycles. The summed E-state index contributed by atoms with van der Waals surface area (Å²) in [5.74, 6) is 0.327. The third-order valence-electron chi connectivity index (χ3n) is 4.79. The largest absolute Gasteiger partial charge is 0.320 e. The highest BCUT2D eigenvalue weighted by atomic mass is 35.5. The number of carbonyl (C=O) groups is 2. The molecule has 1 aromatic heterocycles. The van der Waals surface area contributed by atoms with E-state index in [4.69, 9.17) is 11.6 Å². The van der Waals surface area contributed by atoms with Gasteiger partial charge in [-0.2, -0.15) is 0 Å². The van der Waals surface area contributed by atoms with Crippen molar-refractivity contribution >= 4 is 55.8 Å². The van der Waals surface area contributed by atoms with E-state index in [2.05, 4.69) is 22.5 Å². The number of aryl methyl sites for hydroxylation is 1. The van der Waals surface area contributed by atoms with Crippen molar-refractivity contribution in [1.29, 1.82) is 0 Å². The van der Waals surface area contributed by atoms with Crippen LogP contribution < -0.4 is 10.6 Å². The SMILES string of the molecule is Cc1cccc(Cl)c1NC(=O)c1ccc2nc(NC(=O)C3CC3C)sc2c1. The molecule has 2 N–H and O–H groups in total. The van der Waals surface area contributed by atoms with E-state index in [1.54, 1.807) is 24.3 Å². The van der Waals surface area contributed by atoms with Gasteiger partial charge >= 0.3 is 0 Å². The van der Waals surface area contributed by atoms with Crippen LogP contribution in [-0.4, -0.2) is 16.8 Å². The number of hydrogen-bond donors (Lipinski definition) is 2. The van der Waals surface area contributed by atoms with Gasteiger partial charge in [0.25, 0.3) is 5.91 Å². The van der Waals surface area contributed by atoms with Crippen LogP contribution in [0, 0.1) is 18.8 Å². The van der Waals surface area contributed by atoms with Crippen LogP contribution in [0.2, 0.25) is 5.02 Å². The molecular formula is C20H18ClN3O2S. The molecule has 0 spiro atoms. The predicted octanol–water partition coefficient (Wildman–Crippen LogP) is 5.10. The summed E-state index contributed by atoms with van der Waals surface area (Å²) >= 11 is 7.55. The molecule has 1 fully saturated rings. The molecule has 0 radical (unpaired) electrons. The summed E-state index contributed by atoms with van der Waals surface area (Å²) in [6.45, 7) is 3.96. The van der Waals surface area contributed by atoms with Gasteiger partial charge in [0.1, 0.15) is 0 Å². The van der Waals surface area contributed by atoms with Gasteiger partial charge in [0.15, 0.2) is 5.13 Å². The smallest absolute Gasteiger partial charge is 0.255 e. The van der Waals surface area contributed by atoms with E-state index in [9.17, 15) is 9.59 Å². The maximum atomic E-state index is 12.6. The van der Waals surface area contributed by atoms with Crippen LogP contribution >= 0.6 is 22.9 Å². The van der Waals surface area contributed by atoms with Gasteiger partial charge in [-0.15, -0.1) is 0 Å². The van der Waals surface area contributed by atoms with Crippen molar-refractivity contribution in [2.24, 2.45) is 11.8 Å². The van der Waals surface area contributed by atoms with E-state index >= 15 is 0 Å². The van der Waals surface area contributed by atoms with Crippen LogP contribution in [0.3, 0.4) is 0 Å². The molecule has 2 amide bonds. The minimum atomic E-state index is -0.237. The van der Waals surface area contributed by atoms with Crippen LogP contribution in [0.15, 0.2) is 36.4 Å². The number of halogens is 1. The van der Waals surface area contributed by atoms with Gasteiger partial charge in [-0.3, -0.25) is 9.59 Å². The lowest BCUT2D eigenvalue weighted by Gasteiger charge is -2.10. The van der Waals surface area contributed by atoms with Gasteiger partial charge < -0.3 is 10.6 Å². The maximum Gasteiger partial charge on any atom is 0.255 e. The Bertz CT molecular complexity index is 1040. The predicted molar refractivity (Wildman–Crippen MR) is 110 cm³/mol. The van der Waals surface area contributed by atoms with Crippen LogP contribution in [0.4, 0.5) is 10.8 Å². The first-order valence-electron chi connectivity index (χ1n) is 8.70. The fraction of sp³-hybridized carbons (Fsp3) is 0.250. The zero-order valence-electron chi connectivity index (χ0n) is 14.9. The summed E-state index contributed by atoms with van der Waals surface area (Å²) in [7, 11) is 0. The molecule has 1 aliphatic carbocycles. The number of amides is 2. The summed E-state index contributed by atoms with van der Waals surface area (Å²) in [6, 6.07) is 10.8. The standard InChI is InChI=1S/C20H18ClN3O2S/c1-10-4-3-5-14(21)17(10)23-18(25)12-6-7-15-16(9-12)27-20(22-15)24-19(26)13-8-11(13)2/h3-7,9,11,13H,8H2,1-2H3,(H,23,25)(H,22,24,26). The second-order valence-electron chi connectivity index (χ2n) is 6.90. The number of hydrogen-bond acceptors (Lipinski definition) is 4. The number of benzene rings is 2. The van der Waals surface area contributed by atoms with Crippen molar-refractivity contribution in [2.45, 2.75) is 20.3 Å². The average Bonchev–Trinajstić information content (AvgIpc) is 3.23. The topological polar surface area (TPSA) is 71.1 Å². The van der Waals surface area contributed by atoms with Crippen molar-refractivity contribution in [3.05, 3.63) is 52.5 Å². The number of para-hydroxylation sites is 1. The van der Waals surface area contributed by atoms with Gasteiger partial charge in [-0.05, 0) is 49.1 Å². The minimum absolute atomic E-state index is 0.0220. The molecule has 27 heavy (non-hydrogen) atoms. The molecular weight excluding hydrogens is 382 g/mol. The quantitative estimate of drug-likeness (QED) is 0.640. The number of thiazole rings is 1. The number of carbonyl (C=O) groups excluding carboxylic acids is 2. The molecule has 0 saturated heterocycles. The fourth-order valence-corrected chi connectivity index (χ4v) is 4.16. The van der Waals surface area contributed by atoms with Crippen LogP contribution in [-0.2, 0) is 4.79 Å². The van der Waals surface area contributed by atoms with E-state index in [0.29, 0.717) is 27.3 Å². The van der Waals surface area contributed by atoms with Crippen LogP contribution in [0.1, 0.15) is 29.3 Å². The lowest BCUT2D eigenvalue weighted by atomic mass is 10.1. The van der Waals surface area contributed by atoms with Crippen LogP contribution in [0.25, 0.3) is 10.2 Å². The highest BCUT2D eigenvalue weighted by molar-refractivity contribution is 7.22. The zero-order chi connectivity index (χ0) is 19.1. The molecule has 3 aromatic rings. The van der Waals surface area contributed by atoms with Crippen molar-refractivity contribution in [3.8, 4) is 0 Å². The molecule has 1 saturated carbocycles. The van der Waals surface area contributed by atoms with E-state index < -0.39 is 0 Å². The average molecular weight is 400 g/mol. The maximum absolute atomic E-state index is 12.6. The normalized spacial score (nSPS) is 18.3.